The van der Waals surface area contributed by atoms with E-state index < -0.39 is 33.4 Å². The van der Waals surface area contributed by atoms with E-state index in [-0.39, 0.29) is 28.8 Å². The molecule has 2 unspecified atom stereocenters. The number of aryl methyl sites for hydroxylation is 2. The monoisotopic (exact) mass is 487 g/mol. The fraction of sp³-hybridized carbons (Fsp3) is 0.520. The second-order valence-corrected chi connectivity index (χ2v) is 11.5. The highest BCUT2D eigenvalue weighted by Crippen LogP contribution is 2.25. The van der Waals surface area contributed by atoms with Crippen molar-refractivity contribution in [3.05, 3.63) is 47.8 Å². The summed E-state index contributed by atoms with van der Waals surface area (Å²) in [6.07, 6.45) is 2.35. The molecule has 2 bridgehead atoms. The summed E-state index contributed by atoms with van der Waals surface area (Å²) in [6.45, 7) is 4.21. The summed E-state index contributed by atoms with van der Waals surface area (Å²) in [5, 5.41) is 9.89. The van der Waals surface area contributed by atoms with Gasteiger partial charge < -0.3 is 5.32 Å². The minimum atomic E-state index is -3.68. The van der Waals surface area contributed by atoms with Crippen LogP contribution in [0.5, 0.6) is 0 Å². The second kappa shape index (κ2) is 11.6. The molecule has 1 amide bonds. The minimum Gasteiger partial charge on any atom is -0.349 e. The van der Waals surface area contributed by atoms with E-state index in [9.17, 15) is 22.8 Å². The number of rotatable bonds is 8. The van der Waals surface area contributed by atoms with Crippen molar-refractivity contribution in [2.24, 2.45) is 17.8 Å². The number of hydrogen-bond acceptors (Lipinski definition) is 6. The van der Waals surface area contributed by atoms with Crippen molar-refractivity contribution in [3.8, 4) is 0 Å². The van der Waals surface area contributed by atoms with Gasteiger partial charge in [0.05, 0.1) is 16.3 Å². The van der Waals surface area contributed by atoms with Crippen LogP contribution in [0, 0.1) is 17.8 Å². The molecule has 0 saturated carbocycles. The van der Waals surface area contributed by atoms with Gasteiger partial charge in [-0.2, -0.15) is 5.10 Å². The first-order valence-corrected chi connectivity index (χ1v) is 13.5. The molecular weight excluding hydrogens is 454 g/mol. The molecule has 34 heavy (non-hydrogen) atoms. The van der Waals surface area contributed by atoms with Crippen LogP contribution in [-0.2, 0) is 37.1 Å². The lowest BCUT2D eigenvalue weighted by Gasteiger charge is -2.21. The predicted molar refractivity (Wildman–Crippen MR) is 128 cm³/mol. The maximum absolute atomic E-state index is 13.3. The molecule has 3 rings (SSSR count). The molecule has 184 valence electrons. The van der Waals surface area contributed by atoms with Crippen molar-refractivity contribution >= 4 is 27.3 Å². The number of Topliss-reactive ketones (excluding diaryl/α,β-unsaturated/α-hetero) is 2. The highest BCUT2D eigenvalue weighted by molar-refractivity contribution is 7.91. The average molecular weight is 488 g/mol. The fourth-order valence-electron chi connectivity index (χ4n) is 4.33. The van der Waals surface area contributed by atoms with E-state index in [0.29, 0.717) is 32.2 Å². The van der Waals surface area contributed by atoms with Crippen LogP contribution in [0.2, 0.25) is 0 Å². The molecule has 8 nitrogen and oxygen atoms in total. The Kier molecular flexibility index (Phi) is 8.77. The number of amides is 1. The van der Waals surface area contributed by atoms with Crippen LogP contribution in [0.25, 0.3) is 0 Å². The zero-order chi connectivity index (χ0) is 24.7. The smallest absolute Gasteiger partial charge is 0.287 e. The molecule has 1 aromatic carbocycles. The molecule has 0 aliphatic carbocycles. The molecule has 0 saturated heterocycles. The summed E-state index contributed by atoms with van der Waals surface area (Å²) in [7, 11) is -3.68. The van der Waals surface area contributed by atoms with E-state index in [1.807, 2.05) is 19.9 Å². The zero-order valence-electron chi connectivity index (χ0n) is 19.7. The number of carbonyl (C=O) groups excluding carboxylic acids is 3. The Morgan fingerprint density at radius 3 is 2.59 bits per heavy atom. The van der Waals surface area contributed by atoms with Gasteiger partial charge >= 0.3 is 0 Å². The largest absolute Gasteiger partial charge is 0.349 e. The van der Waals surface area contributed by atoms with Gasteiger partial charge in [-0.3, -0.25) is 19.5 Å². The lowest BCUT2D eigenvalue weighted by atomic mass is 9.85. The normalized spacial score (nSPS) is 18.6. The molecule has 0 spiro atoms. The van der Waals surface area contributed by atoms with Gasteiger partial charge in [0, 0.05) is 30.5 Å². The molecule has 0 radical (unpaired) electrons. The van der Waals surface area contributed by atoms with Crippen molar-refractivity contribution in [3.63, 3.8) is 0 Å². The Balaban J connectivity index is 1.79. The molecule has 2 heterocycles. The maximum Gasteiger partial charge on any atom is 0.287 e. The van der Waals surface area contributed by atoms with Gasteiger partial charge in [-0.1, -0.05) is 32.0 Å². The predicted octanol–water partition coefficient (Wildman–Crippen LogP) is 2.69. The highest BCUT2D eigenvalue weighted by Gasteiger charge is 2.33. The molecule has 0 fully saturated rings. The van der Waals surface area contributed by atoms with Crippen molar-refractivity contribution in [1.29, 1.82) is 0 Å². The quantitative estimate of drug-likeness (QED) is 0.552. The SMILES string of the molecule is CC(C)CC(CS(=O)(=O)c1ccccc1)C(=O)CC1CCc2cc([nH]n2)CCCNC(=O)C1=O. The van der Waals surface area contributed by atoms with Gasteiger partial charge in [0.25, 0.3) is 5.91 Å². The first-order chi connectivity index (χ1) is 16.2. The van der Waals surface area contributed by atoms with E-state index in [2.05, 4.69) is 15.5 Å². The van der Waals surface area contributed by atoms with Crippen LogP contribution >= 0.6 is 0 Å². The lowest BCUT2D eigenvalue weighted by Crippen LogP contribution is -2.38. The molecule has 2 aromatic rings. The van der Waals surface area contributed by atoms with Crippen molar-refractivity contribution in [2.45, 2.75) is 57.3 Å². The van der Waals surface area contributed by atoms with Gasteiger partial charge in [-0.15, -0.1) is 0 Å². The van der Waals surface area contributed by atoms with Crippen molar-refractivity contribution in [2.75, 3.05) is 12.3 Å². The van der Waals surface area contributed by atoms with Gasteiger partial charge in [0.1, 0.15) is 5.78 Å². The number of aromatic amines is 1. The third-order valence-electron chi connectivity index (χ3n) is 6.12. The highest BCUT2D eigenvalue weighted by atomic mass is 32.2. The number of fused-ring (bicyclic) bond motifs is 2. The summed E-state index contributed by atoms with van der Waals surface area (Å²) in [6, 6.07) is 10.0. The van der Waals surface area contributed by atoms with Crippen LogP contribution in [0.4, 0.5) is 0 Å². The molecule has 9 heteroatoms. The number of sulfone groups is 1. The number of H-pyrrole nitrogens is 1. The Hall–Kier alpha value is -2.81. The third kappa shape index (κ3) is 7.09. The van der Waals surface area contributed by atoms with E-state index in [4.69, 9.17) is 0 Å². The average Bonchev–Trinajstić information content (AvgIpc) is 3.25. The van der Waals surface area contributed by atoms with Crippen molar-refractivity contribution in [1.82, 2.24) is 15.5 Å². The Labute approximate surface area is 200 Å². The molecule has 1 aromatic heterocycles. The van der Waals surface area contributed by atoms with E-state index in [1.54, 1.807) is 18.2 Å². The van der Waals surface area contributed by atoms with Crippen LogP contribution in [0.15, 0.2) is 41.3 Å². The van der Waals surface area contributed by atoms with Gasteiger partial charge in [-0.25, -0.2) is 8.42 Å². The standard InChI is InChI=1S/C25H33N3O5S/c1-17(2)13-19(16-34(32,33)22-8-4-3-5-9-22)23(29)14-18-10-11-21-15-20(27-28-21)7-6-12-26-25(31)24(18)30/h3-5,8-9,15,17-19H,6-7,10-14,16H2,1-2H3,(H,26,31)(H,27,28). The topological polar surface area (TPSA) is 126 Å². The first kappa shape index (κ1) is 25.8. The van der Waals surface area contributed by atoms with E-state index >= 15 is 0 Å². The summed E-state index contributed by atoms with van der Waals surface area (Å²) < 4.78 is 25.9. The molecule has 1 aliphatic heterocycles. The van der Waals surface area contributed by atoms with Gasteiger partial charge in [0.15, 0.2) is 9.84 Å². The summed E-state index contributed by atoms with van der Waals surface area (Å²) in [4.78, 5) is 38.8. The Morgan fingerprint density at radius 2 is 1.88 bits per heavy atom. The summed E-state index contributed by atoms with van der Waals surface area (Å²) >= 11 is 0. The van der Waals surface area contributed by atoms with Gasteiger partial charge in [-0.05, 0) is 56.2 Å². The second-order valence-electron chi connectivity index (χ2n) is 9.44. The van der Waals surface area contributed by atoms with E-state index in [0.717, 1.165) is 17.8 Å². The third-order valence-corrected chi connectivity index (χ3v) is 7.95. The number of nitrogens with one attached hydrogen (secondary N) is 2. The molecule has 2 N–H and O–H groups in total. The van der Waals surface area contributed by atoms with Crippen LogP contribution in [-0.4, -0.2) is 48.4 Å². The number of nitrogens with zero attached hydrogens (tertiary/aromatic N) is 1. The minimum absolute atomic E-state index is 0.0951. The van der Waals surface area contributed by atoms with Crippen LogP contribution in [0.3, 0.4) is 0 Å². The Morgan fingerprint density at radius 1 is 1.15 bits per heavy atom. The van der Waals surface area contributed by atoms with E-state index in [1.165, 1.54) is 12.1 Å². The lowest BCUT2D eigenvalue weighted by molar-refractivity contribution is -0.141. The fourth-order valence-corrected chi connectivity index (χ4v) is 5.94. The van der Waals surface area contributed by atoms with Crippen LogP contribution < -0.4 is 5.32 Å². The Bertz CT molecular complexity index is 1110. The number of benzene rings is 1. The summed E-state index contributed by atoms with van der Waals surface area (Å²) in [5.74, 6) is -3.40. The molecular formula is C25H33N3O5S. The van der Waals surface area contributed by atoms with Crippen molar-refractivity contribution < 1.29 is 22.8 Å². The number of carbonyl (C=O) groups is 3. The number of aromatic nitrogens is 2. The number of ketones is 2. The van der Waals surface area contributed by atoms with Gasteiger partial charge in [0.2, 0.25) is 5.78 Å². The van der Waals surface area contributed by atoms with Crippen LogP contribution in [0.1, 0.15) is 50.9 Å². The zero-order valence-corrected chi connectivity index (χ0v) is 20.6. The molecule has 2 atom stereocenters. The number of hydrogen-bond donors (Lipinski definition) is 2. The first-order valence-electron chi connectivity index (χ1n) is 11.8. The maximum atomic E-state index is 13.3. The summed E-state index contributed by atoms with van der Waals surface area (Å²) in [5.41, 5.74) is 1.75. The molecule has 1 aliphatic rings.